The van der Waals surface area contributed by atoms with Gasteiger partial charge in [-0.15, -0.1) is 0 Å². The number of hydrogen-bond acceptors (Lipinski definition) is 5. The molecule has 7 aromatic carbocycles. The van der Waals surface area contributed by atoms with Crippen LogP contribution in [0, 0.1) is 23.7 Å². The molecule has 1 spiro atoms. The zero-order valence-corrected chi connectivity index (χ0v) is 33.1. The Balaban J connectivity index is 1.09. The molecule has 0 N–H and O–H groups in total. The molecule has 3 aromatic heterocycles. The van der Waals surface area contributed by atoms with Gasteiger partial charge in [0, 0.05) is 43.7 Å². The average Bonchev–Trinajstić information content (AvgIpc) is 3.94. The minimum Gasteiger partial charge on any atom is -0.456 e. The third kappa shape index (κ3) is 4.64. The van der Waals surface area contributed by atoms with E-state index in [-0.39, 0.29) is 5.41 Å². The Bertz CT molecular complexity index is 3240. The van der Waals surface area contributed by atoms with Crippen LogP contribution in [0.2, 0.25) is 0 Å². The van der Waals surface area contributed by atoms with Crippen molar-refractivity contribution in [2.75, 3.05) is 0 Å². The van der Waals surface area contributed by atoms with E-state index in [4.69, 9.17) is 23.8 Å². The first-order valence-electron chi connectivity index (χ1n) is 21.3. The zero-order chi connectivity index (χ0) is 39.0. The first kappa shape index (κ1) is 33.4. The lowest BCUT2D eigenvalue weighted by Gasteiger charge is -2.54. The molecule has 0 saturated heterocycles. The fourth-order valence-electron chi connectivity index (χ4n) is 12.3. The fraction of sp³-hybridized carbons (Fsp3) is 0.204. The largest absolute Gasteiger partial charge is 0.456 e. The molecule has 3 aliphatic carbocycles. The molecule has 59 heavy (non-hydrogen) atoms. The molecule has 3 heterocycles. The van der Waals surface area contributed by atoms with Gasteiger partial charge in [0.05, 0.1) is 0 Å². The molecule has 0 radical (unpaired) electrons. The minimum absolute atomic E-state index is 0.103. The summed E-state index contributed by atoms with van der Waals surface area (Å²) in [6.07, 6.45) is 5.13. The highest BCUT2D eigenvalue weighted by atomic mass is 16.3. The first-order chi connectivity index (χ1) is 29.0. The lowest BCUT2D eigenvalue weighted by molar-refractivity contribution is 0.0433. The Hall–Kier alpha value is -6.59. The van der Waals surface area contributed by atoms with Crippen molar-refractivity contribution in [2.45, 2.75) is 44.9 Å². The van der Waals surface area contributed by atoms with E-state index in [1.165, 1.54) is 53.1 Å². The summed E-state index contributed by atoms with van der Waals surface area (Å²) in [6.45, 7) is 5.04. The molecule has 5 atom stereocenters. The summed E-state index contributed by atoms with van der Waals surface area (Å²) in [5.41, 5.74) is 11.8. The molecule has 5 unspecified atom stereocenters. The van der Waals surface area contributed by atoms with Crippen LogP contribution < -0.4 is 0 Å². The van der Waals surface area contributed by atoms with Gasteiger partial charge in [0.15, 0.2) is 17.5 Å². The number of benzene rings is 7. The fourth-order valence-corrected chi connectivity index (χ4v) is 12.3. The second-order valence-corrected chi connectivity index (χ2v) is 17.7. The third-order valence-corrected chi connectivity index (χ3v) is 14.4. The van der Waals surface area contributed by atoms with Crippen molar-refractivity contribution in [3.8, 4) is 45.3 Å². The number of para-hydroxylation sites is 2. The highest BCUT2D eigenvalue weighted by molar-refractivity contribution is 6.13. The molecule has 3 aliphatic rings. The van der Waals surface area contributed by atoms with Gasteiger partial charge in [-0.3, -0.25) is 0 Å². The first-order valence-corrected chi connectivity index (χ1v) is 21.3. The molecule has 5 heteroatoms. The number of aromatic nitrogens is 3. The normalized spacial score (nSPS) is 22.2. The smallest absolute Gasteiger partial charge is 0.164 e. The van der Waals surface area contributed by atoms with Crippen molar-refractivity contribution >= 4 is 54.6 Å². The summed E-state index contributed by atoms with van der Waals surface area (Å²) in [4.78, 5) is 16.2. The second kappa shape index (κ2) is 12.2. The molecule has 284 valence electrons. The topological polar surface area (TPSA) is 65.0 Å². The van der Waals surface area contributed by atoms with Crippen molar-refractivity contribution in [1.29, 1.82) is 0 Å². The number of nitrogens with zero attached hydrogens (tertiary/aromatic N) is 3. The average molecular weight is 764 g/mol. The summed E-state index contributed by atoms with van der Waals surface area (Å²) in [5.74, 6) is 4.44. The standard InChI is InChI=1S/C54H41N3O2/c1-30-25-32-27-31(2)54(35(26-30)28-32)43-29-34(22-23-37(43)38-24-21-33-11-3-4-12-36(33)50(38)54)51-55-52(41-15-9-19-46-48(41)39-13-5-7-17-44(39)58-46)57-53(56-51)42-16-10-20-47-49(42)40-14-6-8-18-45(40)59-47/h3-24,29-32,35H,25-28H2,1-2H3. The Labute approximate surface area is 341 Å². The van der Waals surface area contributed by atoms with Crippen LogP contribution in [0.4, 0.5) is 0 Å². The maximum Gasteiger partial charge on any atom is 0.164 e. The zero-order valence-electron chi connectivity index (χ0n) is 33.1. The number of fused-ring (bicyclic) bond motifs is 16. The van der Waals surface area contributed by atoms with E-state index in [1.807, 2.05) is 48.5 Å². The van der Waals surface area contributed by atoms with Gasteiger partial charge in [-0.05, 0) is 113 Å². The van der Waals surface area contributed by atoms with Gasteiger partial charge in [0.25, 0.3) is 0 Å². The summed E-state index contributed by atoms with van der Waals surface area (Å²) in [7, 11) is 0. The Morgan fingerprint density at radius 1 is 0.492 bits per heavy atom. The Morgan fingerprint density at radius 3 is 1.78 bits per heavy atom. The van der Waals surface area contributed by atoms with Gasteiger partial charge in [-0.25, -0.2) is 15.0 Å². The van der Waals surface area contributed by atoms with Crippen molar-refractivity contribution < 1.29 is 8.83 Å². The van der Waals surface area contributed by atoms with Crippen molar-refractivity contribution in [3.63, 3.8) is 0 Å². The van der Waals surface area contributed by atoms with E-state index >= 15 is 0 Å². The number of furan rings is 2. The van der Waals surface area contributed by atoms with Crippen LogP contribution >= 0.6 is 0 Å². The van der Waals surface area contributed by atoms with E-state index in [0.29, 0.717) is 35.2 Å². The maximum absolute atomic E-state index is 6.38. The van der Waals surface area contributed by atoms with Gasteiger partial charge in [0.1, 0.15) is 22.3 Å². The Morgan fingerprint density at radius 2 is 1.08 bits per heavy atom. The molecule has 2 saturated carbocycles. The van der Waals surface area contributed by atoms with Crippen LogP contribution in [0.15, 0.2) is 148 Å². The van der Waals surface area contributed by atoms with E-state index < -0.39 is 0 Å². The van der Waals surface area contributed by atoms with Gasteiger partial charge >= 0.3 is 0 Å². The summed E-state index contributed by atoms with van der Waals surface area (Å²) < 4.78 is 12.8. The molecule has 0 amide bonds. The summed E-state index contributed by atoms with van der Waals surface area (Å²) in [6, 6.07) is 49.7. The molecule has 2 fully saturated rings. The molecule has 5 nitrogen and oxygen atoms in total. The van der Waals surface area contributed by atoms with Gasteiger partial charge in [-0.2, -0.15) is 0 Å². The van der Waals surface area contributed by atoms with Crippen LogP contribution in [-0.2, 0) is 5.41 Å². The van der Waals surface area contributed by atoms with Crippen LogP contribution in [0.1, 0.15) is 50.7 Å². The van der Waals surface area contributed by atoms with Crippen molar-refractivity contribution in [1.82, 2.24) is 15.0 Å². The molecule has 0 aliphatic heterocycles. The number of rotatable bonds is 3. The SMILES string of the molecule is CC1CC2CC(C)C3(c4cc(-c5nc(-c6cccc7oc8ccccc8c67)nc(-c6cccc7oc8ccccc8c67)n5)ccc4-c4ccc5ccccc5c43)C(C1)C2. The molecular formula is C54H41N3O2. The second-order valence-electron chi connectivity index (χ2n) is 17.7. The highest BCUT2D eigenvalue weighted by Gasteiger charge is 2.57. The number of hydrogen-bond donors (Lipinski definition) is 0. The van der Waals surface area contributed by atoms with Gasteiger partial charge in [0.2, 0.25) is 0 Å². The lowest BCUT2D eigenvalue weighted by atomic mass is 9.49. The van der Waals surface area contributed by atoms with E-state index in [9.17, 15) is 0 Å². The summed E-state index contributed by atoms with van der Waals surface area (Å²) in [5, 5.41) is 6.82. The molecule has 13 rings (SSSR count). The van der Waals surface area contributed by atoms with Gasteiger partial charge < -0.3 is 8.83 Å². The van der Waals surface area contributed by atoms with Crippen LogP contribution in [0.5, 0.6) is 0 Å². The molecule has 2 bridgehead atoms. The van der Waals surface area contributed by atoms with Crippen molar-refractivity contribution in [2.24, 2.45) is 23.7 Å². The maximum atomic E-state index is 6.38. The third-order valence-electron chi connectivity index (χ3n) is 14.4. The van der Waals surface area contributed by atoms with E-state index in [2.05, 4.69) is 105 Å². The quantitative estimate of drug-likeness (QED) is 0.179. The minimum atomic E-state index is -0.103. The highest BCUT2D eigenvalue weighted by Crippen LogP contribution is 2.66. The summed E-state index contributed by atoms with van der Waals surface area (Å²) >= 11 is 0. The Kier molecular flexibility index (Phi) is 6.91. The van der Waals surface area contributed by atoms with Crippen LogP contribution in [0.25, 0.3) is 99.9 Å². The van der Waals surface area contributed by atoms with Crippen molar-refractivity contribution in [3.05, 3.63) is 151 Å². The molecular weight excluding hydrogens is 723 g/mol. The van der Waals surface area contributed by atoms with Crippen LogP contribution in [-0.4, -0.2) is 15.0 Å². The molecule has 10 aromatic rings. The lowest BCUT2D eigenvalue weighted by Crippen LogP contribution is -2.49. The van der Waals surface area contributed by atoms with E-state index in [0.717, 1.165) is 66.5 Å². The van der Waals surface area contributed by atoms with E-state index in [1.54, 1.807) is 5.56 Å². The monoisotopic (exact) mass is 763 g/mol. The van der Waals surface area contributed by atoms with Gasteiger partial charge in [-0.1, -0.05) is 123 Å². The van der Waals surface area contributed by atoms with Crippen LogP contribution in [0.3, 0.4) is 0 Å². The predicted octanol–water partition coefficient (Wildman–Crippen LogP) is 14.2. The predicted molar refractivity (Wildman–Crippen MR) is 238 cm³/mol.